The average Bonchev–Trinajstić information content (AvgIpc) is 3.20. The number of aromatic nitrogens is 2. The van der Waals surface area contributed by atoms with Crippen LogP contribution in [0.25, 0.3) is 0 Å². The molecule has 2 aromatic carbocycles. The van der Waals surface area contributed by atoms with Crippen molar-refractivity contribution in [1.82, 2.24) is 9.97 Å². The lowest BCUT2D eigenvalue weighted by atomic mass is 10.2. The molecule has 11 heteroatoms. The Kier molecular flexibility index (Phi) is 5.40. The SMILES string of the molecule is COc1ccc(Cl)cc1Nc1ncnc(NCc2ccc3c(c2)OCO3)c1[N+](=O)[O-]. The molecule has 4 rings (SSSR count). The normalized spacial score (nSPS) is 11.8. The van der Waals surface area contributed by atoms with Gasteiger partial charge in [-0.3, -0.25) is 10.1 Å². The van der Waals surface area contributed by atoms with Crippen molar-refractivity contribution >= 4 is 34.6 Å². The smallest absolute Gasteiger partial charge is 0.353 e. The highest BCUT2D eigenvalue weighted by atomic mass is 35.5. The molecule has 0 spiro atoms. The molecule has 1 aromatic heterocycles. The van der Waals surface area contributed by atoms with Crippen LogP contribution in [0.15, 0.2) is 42.7 Å². The molecule has 154 valence electrons. The maximum atomic E-state index is 11.8. The van der Waals surface area contributed by atoms with Crippen molar-refractivity contribution in [2.75, 3.05) is 24.5 Å². The zero-order chi connectivity index (χ0) is 21.1. The topological polar surface area (TPSA) is 121 Å². The fraction of sp³-hybridized carbons (Fsp3) is 0.158. The van der Waals surface area contributed by atoms with Gasteiger partial charge in [0.05, 0.1) is 17.7 Å². The highest BCUT2D eigenvalue weighted by molar-refractivity contribution is 6.31. The molecule has 1 aliphatic heterocycles. The number of fused-ring (bicyclic) bond motifs is 1. The minimum Gasteiger partial charge on any atom is -0.495 e. The molecule has 0 aliphatic carbocycles. The summed E-state index contributed by atoms with van der Waals surface area (Å²) in [5, 5.41) is 18.1. The van der Waals surface area contributed by atoms with Crippen LogP contribution in [-0.2, 0) is 6.54 Å². The monoisotopic (exact) mass is 429 g/mol. The summed E-state index contributed by atoms with van der Waals surface area (Å²) in [6.07, 6.45) is 1.23. The Bertz CT molecular complexity index is 1110. The summed E-state index contributed by atoms with van der Waals surface area (Å²) in [6, 6.07) is 10.3. The zero-order valence-corrected chi connectivity index (χ0v) is 16.5. The van der Waals surface area contributed by atoms with Gasteiger partial charge in [0.25, 0.3) is 0 Å². The summed E-state index contributed by atoms with van der Waals surface area (Å²) >= 11 is 6.04. The lowest BCUT2D eigenvalue weighted by Gasteiger charge is -2.13. The Morgan fingerprint density at radius 1 is 1.17 bits per heavy atom. The van der Waals surface area contributed by atoms with Crippen molar-refractivity contribution in [3.63, 3.8) is 0 Å². The number of nitro groups is 1. The number of hydrogen-bond acceptors (Lipinski definition) is 9. The van der Waals surface area contributed by atoms with Gasteiger partial charge < -0.3 is 24.8 Å². The van der Waals surface area contributed by atoms with Crippen LogP contribution in [0.1, 0.15) is 5.56 Å². The van der Waals surface area contributed by atoms with Crippen molar-refractivity contribution in [2.24, 2.45) is 0 Å². The highest BCUT2D eigenvalue weighted by Gasteiger charge is 2.24. The van der Waals surface area contributed by atoms with Crippen LogP contribution in [0.4, 0.5) is 23.0 Å². The third kappa shape index (κ3) is 3.98. The first-order chi connectivity index (χ1) is 14.5. The Labute approximate surface area is 175 Å². The third-order valence-electron chi connectivity index (χ3n) is 4.32. The zero-order valence-electron chi connectivity index (χ0n) is 15.7. The lowest BCUT2D eigenvalue weighted by Crippen LogP contribution is -2.08. The number of methoxy groups -OCH3 is 1. The molecule has 30 heavy (non-hydrogen) atoms. The van der Waals surface area contributed by atoms with E-state index >= 15 is 0 Å². The fourth-order valence-electron chi connectivity index (χ4n) is 2.91. The molecule has 0 fully saturated rings. The van der Waals surface area contributed by atoms with Crippen LogP contribution in [0.5, 0.6) is 17.2 Å². The highest BCUT2D eigenvalue weighted by Crippen LogP contribution is 2.36. The van der Waals surface area contributed by atoms with Gasteiger partial charge in [0, 0.05) is 11.6 Å². The first-order valence-electron chi connectivity index (χ1n) is 8.77. The molecular formula is C19H16ClN5O5. The van der Waals surface area contributed by atoms with Gasteiger partial charge in [-0.25, -0.2) is 9.97 Å². The first-order valence-corrected chi connectivity index (χ1v) is 9.15. The van der Waals surface area contributed by atoms with E-state index in [1.165, 1.54) is 13.4 Å². The van der Waals surface area contributed by atoms with Crippen molar-refractivity contribution in [3.8, 4) is 17.2 Å². The Balaban J connectivity index is 1.60. The number of rotatable bonds is 7. The van der Waals surface area contributed by atoms with Crippen molar-refractivity contribution in [2.45, 2.75) is 6.54 Å². The van der Waals surface area contributed by atoms with Gasteiger partial charge in [-0.1, -0.05) is 17.7 Å². The van der Waals surface area contributed by atoms with Gasteiger partial charge in [-0.15, -0.1) is 0 Å². The van der Waals surface area contributed by atoms with Crippen molar-refractivity contribution < 1.29 is 19.1 Å². The molecule has 2 heterocycles. The molecule has 0 radical (unpaired) electrons. The molecule has 1 aliphatic rings. The molecule has 0 unspecified atom stereocenters. The minimum atomic E-state index is -0.554. The Morgan fingerprint density at radius 2 is 1.97 bits per heavy atom. The van der Waals surface area contributed by atoms with Crippen LogP contribution in [0.3, 0.4) is 0 Å². The largest absolute Gasteiger partial charge is 0.495 e. The second-order valence-corrected chi connectivity index (χ2v) is 6.62. The van der Waals surface area contributed by atoms with E-state index in [2.05, 4.69) is 20.6 Å². The van der Waals surface area contributed by atoms with Gasteiger partial charge in [0.2, 0.25) is 18.4 Å². The first kappa shape index (κ1) is 19.5. The number of anilines is 3. The Morgan fingerprint density at radius 3 is 2.77 bits per heavy atom. The molecule has 0 saturated heterocycles. The molecule has 10 nitrogen and oxygen atoms in total. The van der Waals surface area contributed by atoms with E-state index in [1.54, 1.807) is 30.3 Å². The van der Waals surface area contributed by atoms with Gasteiger partial charge in [0.15, 0.2) is 11.5 Å². The molecular weight excluding hydrogens is 414 g/mol. The second-order valence-electron chi connectivity index (χ2n) is 6.19. The van der Waals surface area contributed by atoms with Crippen LogP contribution in [0, 0.1) is 10.1 Å². The minimum absolute atomic E-state index is 0.00348. The molecule has 0 amide bonds. The molecule has 0 atom stereocenters. The lowest BCUT2D eigenvalue weighted by molar-refractivity contribution is -0.383. The van der Waals surface area contributed by atoms with E-state index in [0.29, 0.717) is 28.0 Å². The summed E-state index contributed by atoms with van der Waals surface area (Å²) in [4.78, 5) is 19.3. The van der Waals surface area contributed by atoms with Crippen molar-refractivity contribution in [3.05, 3.63) is 63.4 Å². The van der Waals surface area contributed by atoms with E-state index in [9.17, 15) is 10.1 Å². The molecule has 3 aromatic rings. The summed E-state index contributed by atoms with van der Waals surface area (Å²) in [5.41, 5.74) is 0.979. The van der Waals surface area contributed by atoms with Crippen LogP contribution < -0.4 is 24.8 Å². The van der Waals surface area contributed by atoms with Gasteiger partial charge >= 0.3 is 5.69 Å². The fourth-order valence-corrected chi connectivity index (χ4v) is 3.09. The van der Waals surface area contributed by atoms with E-state index < -0.39 is 4.92 Å². The second kappa shape index (κ2) is 8.29. The van der Waals surface area contributed by atoms with Gasteiger partial charge in [0.1, 0.15) is 12.1 Å². The Hall–Kier alpha value is -3.79. The molecule has 0 saturated carbocycles. The molecule has 2 N–H and O–H groups in total. The number of nitrogens with one attached hydrogen (secondary N) is 2. The number of halogens is 1. The summed E-state index contributed by atoms with van der Waals surface area (Å²) < 4.78 is 15.9. The average molecular weight is 430 g/mol. The van der Waals surface area contributed by atoms with Crippen LogP contribution >= 0.6 is 11.6 Å². The summed E-state index contributed by atoms with van der Waals surface area (Å²) in [6.45, 7) is 0.458. The standard InChI is InChI=1S/C19H16ClN5O5/c1-28-14-5-3-12(20)7-13(14)24-19-17(25(26)27)18(22-9-23-19)21-8-11-2-4-15-16(6-11)30-10-29-15/h2-7,9H,8,10H2,1H3,(H2,21,22,23,24). The summed E-state index contributed by atoms with van der Waals surface area (Å²) in [5.74, 6) is 1.82. The number of benzene rings is 2. The maximum absolute atomic E-state index is 11.8. The third-order valence-corrected chi connectivity index (χ3v) is 4.55. The van der Waals surface area contributed by atoms with E-state index in [0.717, 1.165) is 5.56 Å². The van der Waals surface area contributed by atoms with Crippen LogP contribution in [-0.4, -0.2) is 28.8 Å². The van der Waals surface area contributed by atoms with Gasteiger partial charge in [-0.2, -0.15) is 0 Å². The number of ether oxygens (including phenoxy) is 3. The number of hydrogen-bond donors (Lipinski definition) is 2. The maximum Gasteiger partial charge on any atom is 0.353 e. The van der Waals surface area contributed by atoms with E-state index in [1.807, 2.05) is 6.07 Å². The predicted molar refractivity (Wildman–Crippen MR) is 110 cm³/mol. The van der Waals surface area contributed by atoms with E-state index in [4.69, 9.17) is 25.8 Å². The number of nitrogens with zero attached hydrogens (tertiary/aromatic N) is 3. The summed E-state index contributed by atoms with van der Waals surface area (Å²) in [7, 11) is 1.49. The van der Waals surface area contributed by atoms with E-state index in [-0.39, 0.29) is 30.7 Å². The van der Waals surface area contributed by atoms with Gasteiger partial charge in [-0.05, 0) is 35.9 Å². The quantitative estimate of drug-likeness (QED) is 0.421. The molecule has 0 bridgehead atoms. The van der Waals surface area contributed by atoms with Crippen LogP contribution in [0.2, 0.25) is 5.02 Å². The van der Waals surface area contributed by atoms with Crippen molar-refractivity contribution in [1.29, 1.82) is 0 Å². The predicted octanol–water partition coefficient (Wildman–Crippen LogP) is 4.13.